The number of hydrogen-bond donors (Lipinski definition) is 2. The molecule has 1 aromatic heterocycles. The number of aromatic carboxylic acids is 1. The van der Waals surface area contributed by atoms with Gasteiger partial charge in [0.25, 0.3) is 0 Å². The predicted molar refractivity (Wildman–Crippen MR) is 127 cm³/mol. The molecule has 2 aromatic carbocycles. The monoisotopic (exact) mass is 436 g/mol. The van der Waals surface area contributed by atoms with E-state index < -0.39 is 5.97 Å². The lowest BCUT2D eigenvalue weighted by Crippen LogP contribution is -2.29. The molecule has 3 aromatic rings. The third-order valence-electron chi connectivity index (χ3n) is 5.78. The van der Waals surface area contributed by atoms with Crippen molar-refractivity contribution in [1.29, 1.82) is 0 Å². The lowest BCUT2D eigenvalue weighted by molar-refractivity contribution is 0.0696. The molecule has 0 atom stereocenters. The molecule has 0 unspecified atom stereocenters. The Balaban J connectivity index is 1.67. The summed E-state index contributed by atoms with van der Waals surface area (Å²) >= 11 is 1.48. The summed E-state index contributed by atoms with van der Waals surface area (Å²) < 4.78 is 5.42. The van der Waals surface area contributed by atoms with Crippen LogP contribution in [0.5, 0.6) is 0 Å². The van der Waals surface area contributed by atoms with Crippen LogP contribution in [-0.2, 0) is 13.5 Å². The fourth-order valence-corrected chi connectivity index (χ4v) is 4.94. The van der Waals surface area contributed by atoms with Gasteiger partial charge in [-0.15, -0.1) is 0 Å². The van der Waals surface area contributed by atoms with Crippen LogP contribution in [0.4, 0.5) is 11.4 Å². The number of carbonyl (C=O) groups is 1. The molecular formula is C24H28N4O2S. The van der Waals surface area contributed by atoms with E-state index in [1.54, 1.807) is 18.3 Å². The van der Waals surface area contributed by atoms with Gasteiger partial charge in [0.2, 0.25) is 0 Å². The van der Waals surface area contributed by atoms with Gasteiger partial charge < -0.3 is 14.7 Å². The fraction of sp³-hybridized carbons (Fsp3) is 0.333. The largest absolute Gasteiger partial charge is 0.478 e. The summed E-state index contributed by atoms with van der Waals surface area (Å²) in [6.45, 7) is 4.19. The van der Waals surface area contributed by atoms with Gasteiger partial charge in [-0.25, -0.2) is 4.79 Å². The van der Waals surface area contributed by atoms with Gasteiger partial charge in [-0.3, -0.25) is 4.68 Å². The third-order valence-corrected chi connectivity index (χ3v) is 6.70. The highest BCUT2D eigenvalue weighted by Gasteiger charge is 2.17. The van der Waals surface area contributed by atoms with E-state index in [9.17, 15) is 9.90 Å². The summed E-state index contributed by atoms with van der Waals surface area (Å²) in [6.07, 6.45) is 6.34. The molecule has 0 saturated carbocycles. The minimum Gasteiger partial charge on any atom is -0.478 e. The minimum absolute atomic E-state index is 0.307. The summed E-state index contributed by atoms with van der Waals surface area (Å²) in [4.78, 5) is 14.8. The summed E-state index contributed by atoms with van der Waals surface area (Å²) in [6, 6.07) is 13.9. The molecule has 7 heteroatoms. The van der Waals surface area contributed by atoms with Gasteiger partial charge in [-0.1, -0.05) is 19.1 Å². The SMILES string of the molecule is CCc1ccc(C(=O)O)cc1SNc1cc(-c2ccnn2C)ccc1N1CCCCC1. The first-order chi connectivity index (χ1) is 15.1. The zero-order chi connectivity index (χ0) is 21.8. The van der Waals surface area contributed by atoms with Crippen molar-refractivity contribution in [3.8, 4) is 11.3 Å². The number of rotatable bonds is 7. The molecule has 162 valence electrons. The van der Waals surface area contributed by atoms with E-state index in [-0.39, 0.29) is 0 Å². The highest BCUT2D eigenvalue weighted by molar-refractivity contribution is 8.00. The van der Waals surface area contributed by atoms with Crippen LogP contribution in [0.15, 0.2) is 53.6 Å². The second-order valence-corrected chi connectivity index (χ2v) is 8.65. The maximum Gasteiger partial charge on any atom is 0.335 e. The second kappa shape index (κ2) is 9.47. The molecular weight excluding hydrogens is 408 g/mol. The number of aromatic nitrogens is 2. The van der Waals surface area contributed by atoms with Crippen LogP contribution in [0.2, 0.25) is 0 Å². The van der Waals surface area contributed by atoms with Gasteiger partial charge >= 0.3 is 5.97 Å². The topological polar surface area (TPSA) is 70.4 Å². The van der Waals surface area contributed by atoms with Gasteiger partial charge in [0.15, 0.2) is 0 Å². The van der Waals surface area contributed by atoms with Crippen molar-refractivity contribution in [2.45, 2.75) is 37.5 Å². The van der Waals surface area contributed by atoms with Crippen molar-refractivity contribution in [1.82, 2.24) is 9.78 Å². The molecule has 31 heavy (non-hydrogen) atoms. The highest BCUT2D eigenvalue weighted by Crippen LogP contribution is 2.36. The lowest BCUT2D eigenvalue weighted by atomic mass is 10.1. The molecule has 6 nitrogen and oxygen atoms in total. The number of anilines is 2. The number of nitrogens with zero attached hydrogens (tertiary/aromatic N) is 3. The zero-order valence-electron chi connectivity index (χ0n) is 18.0. The quantitative estimate of drug-likeness (QED) is 0.480. The fourth-order valence-electron chi connectivity index (χ4n) is 4.03. The summed E-state index contributed by atoms with van der Waals surface area (Å²) in [5.74, 6) is -0.906. The Labute approximate surface area is 187 Å². The molecule has 2 heterocycles. The van der Waals surface area contributed by atoms with E-state index in [0.29, 0.717) is 5.56 Å². The number of aryl methyl sites for hydroxylation is 2. The van der Waals surface area contributed by atoms with Crippen molar-refractivity contribution in [2.75, 3.05) is 22.7 Å². The van der Waals surface area contributed by atoms with Crippen LogP contribution in [0, 0.1) is 0 Å². The van der Waals surface area contributed by atoms with Crippen molar-refractivity contribution in [3.63, 3.8) is 0 Å². The maximum atomic E-state index is 11.5. The van der Waals surface area contributed by atoms with E-state index in [2.05, 4.69) is 39.8 Å². The van der Waals surface area contributed by atoms with Crippen LogP contribution in [-0.4, -0.2) is 33.9 Å². The van der Waals surface area contributed by atoms with Crippen LogP contribution in [0.3, 0.4) is 0 Å². The molecule has 1 aliphatic heterocycles. The number of piperidine rings is 1. The molecule has 1 aliphatic rings. The predicted octanol–water partition coefficient (Wildman–Crippen LogP) is 5.46. The first kappa shape index (κ1) is 21.3. The second-order valence-electron chi connectivity index (χ2n) is 7.81. The lowest BCUT2D eigenvalue weighted by Gasteiger charge is -2.31. The normalized spacial score (nSPS) is 13.9. The smallest absolute Gasteiger partial charge is 0.335 e. The summed E-state index contributed by atoms with van der Waals surface area (Å²) in [5, 5.41) is 13.7. The average molecular weight is 437 g/mol. The van der Waals surface area contributed by atoms with Crippen LogP contribution < -0.4 is 9.62 Å². The van der Waals surface area contributed by atoms with Gasteiger partial charge in [-0.05, 0) is 73.5 Å². The maximum absolute atomic E-state index is 11.5. The van der Waals surface area contributed by atoms with Gasteiger partial charge in [0.1, 0.15) is 0 Å². The van der Waals surface area contributed by atoms with E-state index in [1.807, 2.05) is 23.9 Å². The Hall–Kier alpha value is -2.93. The summed E-state index contributed by atoms with van der Waals surface area (Å²) in [7, 11) is 1.95. The number of carboxylic acid groups (broad SMARTS) is 1. The molecule has 2 N–H and O–H groups in total. The van der Waals surface area contributed by atoms with Gasteiger partial charge in [0.05, 0.1) is 22.6 Å². The third kappa shape index (κ3) is 4.71. The molecule has 0 radical (unpaired) electrons. The van der Waals surface area contributed by atoms with E-state index in [1.165, 1.54) is 36.9 Å². The van der Waals surface area contributed by atoms with E-state index in [4.69, 9.17) is 0 Å². The first-order valence-electron chi connectivity index (χ1n) is 10.7. The average Bonchev–Trinajstić information content (AvgIpc) is 3.23. The molecule has 0 amide bonds. The minimum atomic E-state index is -0.906. The van der Waals surface area contributed by atoms with Gasteiger partial charge in [0, 0.05) is 36.8 Å². The Bertz CT molecular complexity index is 1070. The number of benzene rings is 2. The van der Waals surface area contributed by atoms with Crippen LogP contribution >= 0.6 is 11.9 Å². The zero-order valence-corrected chi connectivity index (χ0v) is 18.8. The standard InChI is InChI=1S/C24H28N4O2S/c1-3-17-7-8-19(24(29)30)16-23(17)31-26-20-15-18(21-11-12-25-27(21)2)9-10-22(20)28-13-5-4-6-14-28/h7-12,15-16,26H,3-6,13-14H2,1-2H3,(H,29,30). The van der Waals surface area contributed by atoms with Crippen molar-refractivity contribution in [2.24, 2.45) is 7.05 Å². The van der Waals surface area contributed by atoms with E-state index >= 15 is 0 Å². The number of carboxylic acids is 1. The number of nitrogens with one attached hydrogen (secondary N) is 1. The van der Waals surface area contributed by atoms with E-state index in [0.717, 1.165) is 46.9 Å². The Morgan fingerprint density at radius 2 is 1.94 bits per heavy atom. The Morgan fingerprint density at radius 3 is 2.61 bits per heavy atom. The van der Waals surface area contributed by atoms with Crippen molar-refractivity contribution >= 4 is 29.3 Å². The van der Waals surface area contributed by atoms with Crippen molar-refractivity contribution < 1.29 is 9.90 Å². The molecule has 1 fully saturated rings. The first-order valence-corrected chi connectivity index (χ1v) is 11.5. The Kier molecular flexibility index (Phi) is 6.51. The van der Waals surface area contributed by atoms with Crippen molar-refractivity contribution in [3.05, 3.63) is 59.8 Å². The van der Waals surface area contributed by atoms with Crippen LogP contribution in [0.1, 0.15) is 42.1 Å². The molecule has 4 rings (SSSR count). The number of hydrogen-bond acceptors (Lipinski definition) is 5. The molecule has 1 saturated heterocycles. The highest BCUT2D eigenvalue weighted by atomic mass is 32.2. The summed E-state index contributed by atoms with van der Waals surface area (Å²) in [5.41, 5.74) is 5.81. The molecule has 0 bridgehead atoms. The van der Waals surface area contributed by atoms with Gasteiger partial charge in [-0.2, -0.15) is 5.10 Å². The molecule has 0 aliphatic carbocycles. The Morgan fingerprint density at radius 1 is 1.13 bits per heavy atom. The van der Waals surface area contributed by atoms with Crippen LogP contribution in [0.25, 0.3) is 11.3 Å². The molecule has 0 spiro atoms.